The molecule has 2 aromatic carbocycles. The topological polar surface area (TPSA) is 47.6 Å². The molecule has 0 unspecified atom stereocenters. The van der Waals surface area contributed by atoms with Gasteiger partial charge in [-0.15, -0.1) is 0 Å². The monoisotopic (exact) mass is 299 g/mol. The summed E-state index contributed by atoms with van der Waals surface area (Å²) >= 11 is 0. The molecule has 0 atom stereocenters. The number of hydrogen-bond donors (Lipinski definition) is 1. The van der Waals surface area contributed by atoms with Gasteiger partial charge in [-0.05, 0) is 36.2 Å². The molecule has 22 heavy (non-hydrogen) atoms. The third kappa shape index (κ3) is 5.22. The van der Waals surface area contributed by atoms with E-state index in [1.54, 1.807) is 31.4 Å². The second kappa shape index (κ2) is 8.85. The summed E-state index contributed by atoms with van der Waals surface area (Å²) in [4.78, 5) is 12.0. The summed E-state index contributed by atoms with van der Waals surface area (Å²) in [6.07, 6.45) is 0.824. The van der Waals surface area contributed by atoms with Crippen molar-refractivity contribution in [3.05, 3.63) is 65.7 Å². The minimum atomic E-state index is -0.0700. The van der Waals surface area contributed by atoms with Crippen LogP contribution in [-0.4, -0.2) is 32.8 Å². The standard InChI is InChI=1S/C18H21NO3/c1-21-13-14-22-17-9-7-16(8-10-17)18(20)19-12-11-15-5-3-2-4-6-15/h2-10H,11-14H2,1H3,(H,19,20). The van der Waals surface area contributed by atoms with Gasteiger partial charge in [-0.25, -0.2) is 0 Å². The number of nitrogens with one attached hydrogen (secondary N) is 1. The van der Waals surface area contributed by atoms with Crippen LogP contribution >= 0.6 is 0 Å². The Balaban J connectivity index is 1.77. The summed E-state index contributed by atoms with van der Waals surface area (Å²) < 4.78 is 10.4. The molecule has 0 saturated carbocycles. The second-order valence-corrected chi connectivity index (χ2v) is 4.86. The highest BCUT2D eigenvalue weighted by Crippen LogP contribution is 2.12. The fraction of sp³-hybridized carbons (Fsp3) is 0.278. The van der Waals surface area contributed by atoms with Crippen molar-refractivity contribution in [3.8, 4) is 5.75 Å². The van der Waals surface area contributed by atoms with E-state index >= 15 is 0 Å². The number of amides is 1. The molecule has 0 spiro atoms. The third-order valence-electron chi connectivity index (χ3n) is 3.21. The Morgan fingerprint density at radius 1 is 1.00 bits per heavy atom. The highest BCUT2D eigenvalue weighted by Gasteiger charge is 2.05. The van der Waals surface area contributed by atoms with Gasteiger partial charge >= 0.3 is 0 Å². The van der Waals surface area contributed by atoms with E-state index in [1.165, 1.54) is 5.56 Å². The van der Waals surface area contributed by atoms with Crippen LogP contribution in [0, 0.1) is 0 Å². The number of ether oxygens (including phenoxy) is 2. The normalized spacial score (nSPS) is 10.2. The van der Waals surface area contributed by atoms with E-state index in [9.17, 15) is 4.79 Å². The molecule has 0 radical (unpaired) electrons. The van der Waals surface area contributed by atoms with Crippen molar-refractivity contribution >= 4 is 5.91 Å². The van der Waals surface area contributed by atoms with Gasteiger partial charge in [0.2, 0.25) is 0 Å². The number of carbonyl (C=O) groups is 1. The van der Waals surface area contributed by atoms with Gasteiger partial charge in [0.15, 0.2) is 0 Å². The summed E-state index contributed by atoms with van der Waals surface area (Å²) in [6, 6.07) is 17.2. The molecular weight excluding hydrogens is 278 g/mol. The molecule has 0 aromatic heterocycles. The van der Waals surface area contributed by atoms with Crippen LogP contribution in [0.25, 0.3) is 0 Å². The number of methoxy groups -OCH3 is 1. The Labute approximate surface area is 131 Å². The number of hydrogen-bond acceptors (Lipinski definition) is 3. The maximum Gasteiger partial charge on any atom is 0.251 e. The van der Waals surface area contributed by atoms with Crippen LogP contribution in [0.4, 0.5) is 0 Å². The molecule has 0 saturated heterocycles. The van der Waals surface area contributed by atoms with Crippen LogP contribution in [0.5, 0.6) is 5.75 Å². The summed E-state index contributed by atoms with van der Waals surface area (Å²) in [5.41, 5.74) is 1.84. The van der Waals surface area contributed by atoms with Crippen molar-refractivity contribution in [2.24, 2.45) is 0 Å². The molecule has 4 heteroatoms. The van der Waals surface area contributed by atoms with E-state index in [-0.39, 0.29) is 5.91 Å². The quantitative estimate of drug-likeness (QED) is 0.762. The van der Waals surface area contributed by atoms with Crippen molar-refractivity contribution in [3.63, 3.8) is 0 Å². The van der Waals surface area contributed by atoms with Gasteiger partial charge in [-0.2, -0.15) is 0 Å². The van der Waals surface area contributed by atoms with Gasteiger partial charge in [-0.3, -0.25) is 4.79 Å². The molecule has 4 nitrogen and oxygen atoms in total. The zero-order valence-electron chi connectivity index (χ0n) is 12.7. The second-order valence-electron chi connectivity index (χ2n) is 4.86. The first-order valence-corrected chi connectivity index (χ1v) is 7.33. The highest BCUT2D eigenvalue weighted by atomic mass is 16.5. The van der Waals surface area contributed by atoms with Crippen LogP contribution < -0.4 is 10.1 Å². The van der Waals surface area contributed by atoms with E-state index in [0.29, 0.717) is 25.3 Å². The molecule has 2 rings (SSSR count). The van der Waals surface area contributed by atoms with Crippen LogP contribution in [0.15, 0.2) is 54.6 Å². The number of benzene rings is 2. The Hall–Kier alpha value is -2.33. The minimum Gasteiger partial charge on any atom is -0.491 e. The maximum atomic E-state index is 12.0. The molecular formula is C18H21NO3. The van der Waals surface area contributed by atoms with Gasteiger partial charge in [0.1, 0.15) is 12.4 Å². The molecule has 0 fully saturated rings. The Bertz CT molecular complexity index is 567. The fourth-order valence-corrected chi connectivity index (χ4v) is 2.01. The largest absolute Gasteiger partial charge is 0.491 e. The van der Waals surface area contributed by atoms with E-state index in [1.807, 2.05) is 18.2 Å². The predicted molar refractivity (Wildman–Crippen MR) is 86.3 cm³/mol. The van der Waals surface area contributed by atoms with E-state index in [4.69, 9.17) is 9.47 Å². The van der Waals surface area contributed by atoms with Gasteiger partial charge < -0.3 is 14.8 Å². The zero-order chi connectivity index (χ0) is 15.6. The van der Waals surface area contributed by atoms with Gasteiger partial charge in [0.25, 0.3) is 5.91 Å². The molecule has 0 aliphatic carbocycles. The van der Waals surface area contributed by atoms with Gasteiger partial charge in [0.05, 0.1) is 6.61 Å². The van der Waals surface area contributed by atoms with E-state index < -0.39 is 0 Å². The average molecular weight is 299 g/mol. The summed E-state index contributed by atoms with van der Waals surface area (Å²) in [7, 11) is 1.63. The third-order valence-corrected chi connectivity index (χ3v) is 3.21. The molecule has 0 aliphatic heterocycles. The smallest absolute Gasteiger partial charge is 0.251 e. The molecule has 1 amide bonds. The Morgan fingerprint density at radius 3 is 2.41 bits per heavy atom. The molecule has 2 aromatic rings. The van der Waals surface area contributed by atoms with E-state index in [0.717, 1.165) is 12.2 Å². The Kier molecular flexibility index (Phi) is 6.45. The lowest BCUT2D eigenvalue weighted by Gasteiger charge is -2.08. The lowest BCUT2D eigenvalue weighted by atomic mass is 10.1. The summed E-state index contributed by atoms with van der Waals surface area (Å²) in [5, 5.41) is 2.92. The summed E-state index contributed by atoms with van der Waals surface area (Å²) in [5.74, 6) is 0.664. The minimum absolute atomic E-state index is 0.0700. The first-order valence-electron chi connectivity index (χ1n) is 7.33. The molecule has 0 aliphatic rings. The number of carbonyl (C=O) groups excluding carboxylic acids is 1. The van der Waals surface area contributed by atoms with Crippen LogP contribution in [0.2, 0.25) is 0 Å². The van der Waals surface area contributed by atoms with Crippen LogP contribution in [0.3, 0.4) is 0 Å². The van der Waals surface area contributed by atoms with Crippen molar-refractivity contribution in [2.45, 2.75) is 6.42 Å². The Morgan fingerprint density at radius 2 is 1.73 bits per heavy atom. The first kappa shape index (κ1) is 16.0. The highest BCUT2D eigenvalue weighted by molar-refractivity contribution is 5.94. The molecule has 116 valence electrons. The first-order chi connectivity index (χ1) is 10.8. The lowest BCUT2D eigenvalue weighted by Crippen LogP contribution is -2.25. The van der Waals surface area contributed by atoms with Crippen LogP contribution in [-0.2, 0) is 11.2 Å². The molecule has 0 bridgehead atoms. The lowest BCUT2D eigenvalue weighted by molar-refractivity contribution is 0.0954. The van der Waals surface area contributed by atoms with Gasteiger partial charge in [0, 0.05) is 19.2 Å². The fourth-order valence-electron chi connectivity index (χ4n) is 2.01. The predicted octanol–water partition coefficient (Wildman–Crippen LogP) is 2.68. The SMILES string of the molecule is COCCOc1ccc(C(=O)NCCc2ccccc2)cc1. The summed E-state index contributed by atoms with van der Waals surface area (Å²) in [6.45, 7) is 1.66. The van der Waals surface area contributed by atoms with Crippen molar-refractivity contribution in [1.82, 2.24) is 5.32 Å². The zero-order valence-corrected chi connectivity index (χ0v) is 12.7. The number of rotatable bonds is 8. The van der Waals surface area contributed by atoms with Crippen molar-refractivity contribution < 1.29 is 14.3 Å². The maximum absolute atomic E-state index is 12.0. The molecule has 0 heterocycles. The van der Waals surface area contributed by atoms with Gasteiger partial charge in [-0.1, -0.05) is 30.3 Å². The van der Waals surface area contributed by atoms with Crippen molar-refractivity contribution in [2.75, 3.05) is 26.9 Å². The average Bonchev–Trinajstić information content (AvgIpc) is 2.56. The van der Waals surface area contributed by atoms with Crippen LogP contribution in [0.1, 0.15) is 15.9 Å². The van der Waals surface area contributed by atoms with Crippen molar-refractivity contribution in [1.29, 1.82) is 0 Å². The molecule has 1 N–H and O–H groups in total. The van der Waals surface area contributed by atoms with E-state index in [2.05, 4.69) is 17.4 Å².